The molecule has 1 saturated heterocycles. The number of anilines is 1. The lowest BCUT2D eigenvalue weighted by atomic mass is 10.2. The fourth-order valence-corrected chi connectivity index (χ4v) is 3.08. The number of aromatic nitrogens is 4. The molecule has 7 nitrogen and oxygen atoms in total. The van der Waals surface area contributed by atoms with Crippen molar-refractivity contribution in [1.29, 1.82) is 0 Å². The quantitative estimate of drug-likeness (QED) is 0.710. The molecule has 9 heteroatoms. The number of hydrogen-bond acceptors (Lipinski definition) is 5. The molecule has 0 atom stereocenters. The van der Waals surface area contributed by atoms with Crippen molar-refractivity contribution in [1.82, 2.24) is 24.4 Å². The van der Waals surface area contributed by atoms with Crippen LogP contribution >= 0.6 is 0 Å². The molecule has 26 heavy (non-hydrogen) atoms. The number of nitrogens with zero attached hydrogens (tertiary/aromatic N) is 6. The second-order valence-electron chi connectivity index (χ2n) is 6.21. The van der Waals surface area contributed by atoms with Crippen molar-refractivity contribution in [2.24, 2.45) is 7.05 Å². The van der Waals surface area contributed by atoms with Crippen molar-refractivity contribution in [2.45, 2.75) is 6.54 Å². The van der Waals surface area contributed by atoms with Gasteiger partial charge in [0.1, 0.15) is 6.33 Å². The summed E-state index contributed by atoms with van der Waals surface area (Å²) in [6, 6.07) is 3.68. The van der Waals surface area contributed by atoms with E-state index in [2.05, 4.69) is 15.0 Å². The summed E-state index contributed by atoms with van der Waals surface area (Å²) in [5, 5.41) is 0. The third-order valence-corrected chi connectivity index (χ3v) is 4.45. The maximum atomic E-state index is 13.4. The van der Waals surface area contributed by atoms with Crippen molar-refractivity contribution < 1.29 is 13.6 Å². The minimum absolute atomic E-state index is 0.108. The number of imidazole rings is 1. The van der Waals surface area contributed by atoms with Crippen molar-refractivity contribution in [3.63, 3.8) is 0 Å². The van der Waals surface area contributed by atoms with E-state index in [1.807, 2.05) is 11.9 Å². The van der Waals surface area contributed by atoms with Crippen LogP contribution in [0.4, 0.5) is 14.6 Å². The fraction of sp³-hybridized carbons (Fsp3) is 0.294. The molecule has 4 rings (SSSR count). The van der Waals surface area contributed by atoms with Crippen LogP contribution in [0, 0.1) is 11.6 Å². The summed E-state index contributed by atoms with van der Waals surface area (Å²) in [5.74, 6) is -1.29. The average molecular weight is 358 g/mol. The topological polar surface area (TPSA) is 67.2 Å². The van der Waals surface area contributed by atoms with Crippen LogP contribution in [0.5, 0.6) is 0 Å². The van der Waals surface area contributed by atoms with Gasteiger partial charge in [-0.15, -0.1) is 0 Å². The lowest BCUT2D eigenvalue weighted by molar-refractivity contribution is -0.131. The Morgan fingerprint density at radius 2 is 1.96 bits per heavy atom. The highest BCUT2D eigenvalue weighted by molar-refractivity contribution is 5.88. The summed E-state index contributed by atoms with van der Waals surface area (Å²) in [6.07, 6.45) is 3.11. The van der Waals surface area contributed by atoms with Crippen LogP contribution in [-0.2, 0) is 18.4 Å². The summed E-state index contributed by atoms with van der Waals surface area (Å²) in [6.45, 7) is 1.41. The molecular formula is C17H16F2N6O. The molecule has 134 valence electrons. The highest BCUT2D eigenvalue weighted by atomic mass is 19.2. The Balaban J connectivity index is 1.51. The first kappa shape index (κ1) is 16.4. The summed E-state index contributed by atoms with van der Waals surface area (Å²) in [5.41, 5.74) is 1.91. The Morgan fingerprint density at radius 3 is 2.73 bits per heavy atom. The van der Waals surface area contributed by atoms with E-state index >= 15 is 0 Å². The zero-order chi connectivity index (χ0) is 18.3. The SMILES string of the molecule is Cn1cnc2c(N3CCN(Cc4ccc(F)c(F)c4)C(=O)C3)ncnc21. The van der Waals surface area contributed by atoms with Gasteiger partial charge in [0, 0.05) is 26.7 Å². The van der Waals surface area contributed by atoms with Crippen LogP contribution in [0.3, 0.4) is 0 Å². The van der Waals surface area contributed by atoms with Gasteiger partial charge in [0.05, 0.1) is 12.9 Å². The molecule has 0 N–H and O–H groups in total. The van der Waals surface area contributed by atoms with Crippen LogP contribution in [0.25, 0.3) is 11.2 Å². The molecule has 1 fully saturated rings. The molecule has 2 aromatic heterocycles. The maximum Gasteiger partial charge on any atom is 0.242 e. The first-order chi connectivity index (χ1) is 12.5. The average Bonchev–Trinajstić information content (AvgIpc) is 3.01. The smallest absolute Gasteiger partial charge is 0.242 e. The standard InChI is InChI=1S/C17H16F2N6O/c1-23-10-22-15-16(23)20-9-21-17(15)25-5-4-24(14(26)8-25)7-11-2-3-12(18)13(19)6-11/h2-3,6,9-10H,4-5,7-8H2,1H3. The number of fused-ring (bicyclic) bond motifs is 1. The van der Waals surface area contributed by atoms with Crippen LogP contribution in [0.1, 0.15) is 5.56 Å². The van der Waals surface area contributed by atoms with E-state index < -0.39 is 11.6 Å². The number of aryl methyl sites for hydroxylation is 1. The monoisotopic (exact) mass is 358 g/mol. The minimum Gasteiger partial charge on any atom is -0.344 e. The maximum absolute atomic E-state index is 13.4. The van der Waals surface area contributed by atoms with Gasteiger partial charge in [-0.2, -0.15) is 0 Å². The first-order valence-corrected chi connectivity index (χ1v) is 8.11. The summed E-state index contributed by atoms with van der Waals surface area (Å²) in [4.78, 5) is 28.8. The molecule has 0 radical (unpaired) electrons. The van der Waals surface area contributed by atoms with Crippen LogP contribution < -0.4 is 4.90 Å². The van der Waals surface area contributed by atoms with E-state index in [1.165, 1.54) is 12.4 Å². The Morgan fingerprint density at radius 1 is 1.12 bits per heavy atom. The molecule has 0 aliphatic carbocycles. The number of rotatable bonds is 3. The summed E-state index contributed by atoms with van der Waals surface area (Å²) >= 11 is 0. The Kier molecular flexibility index (Phi) is 3.98. The third-order valence-electron chi connectivity index (χ3n) is 4.45. The van der Waals surface area contributed by atoms with Gasteiger partial charge in [-0.25, -0.2) is 23.7 Å². The largest absolute Gasteiger partial charge is 0.344 e. The molecular weight excluding hydrogens is 342 g/mol. The predicted molar refractivity (Wildman–Crippen MR) is 90.3 cm³/mol. The van der Waals surface area contributed by atoms with Gasteiger partial charge < -0.3 is 14.4 Å². The van der Waals surface area contributed by atoms with E-state index in [1.54, 1.807) is 15.8 Å². The molecule has 3 aromatic rings. The molecule has 0 unspecified atom stereocenters. The van der Waals surface area contributed by atoms with Crippen molar-refractivity contribution in [2.75, 3.05) is 24.5 Å². The normalized spacial score (nSPS) is 15.1. The summed E-state index contributed by atoms with van der Waals surface area (Å²) < 4.78 is 28.2. The number of halogens is 2. The predicted octanol–water partition coefficient (Wildman–Crippen LogP) is 1.49. The van der Waals surface area contributed by atoms with Gasteiger partial charge >= 0.3 is 0 Å². The molecule has 0 saturated carbocycles. The first-order valence-electron chi connectivity index (χ1n) is 8.11. The number of hydrogen-bond donors (Lipinski definition) is 0. The van der Waals surface area contributed by atoms with Crippen molar-refractivity contribution in [3.8, 4) is 0 Å². The van der Waals surface area contributed by atoms with E-state index in [0.717, 1.165) is 12.1 Å². The van der Waals surface area contributed by atoms with Crippen LogP contribution in [0.2, 0.25) is 0 Å². The van der Waals surface area contributed by atoms with Gasteiger partial charge in [-0.05, 0) is 17.7 Å². The molecule has 1 aliphatic rings. The van der Waals surface area contributed by atoms with Crippen LogP contribution in [0.15, 0.2) is 30.9 Å². The van der Waals surface area contributed by atoms with E-state index in [0.29, 0.717) is 35.6 Å². The number of carbonyl (C=O) groups excluding carboxylic acids is 1. The van der Waals surface area contributed by atoms with Gasteiger partial charge in [0.25, 0.3) is 0 Å². The van der Waals surface area contributed by atoms with E-state index in [4.69, 9.17) is 0 Å². The third kappa shape index (κ3) is 2.85. The highest BCUT2D eigenvalue weighted by Crippen LogP contribution is 2.23. The van der Waals surface area contributed by atoms with Gasteiger partial charge in [0.2, 0.25) is 5.91 Å². The van der Waals surface area contributed by atoms with Crippen molar-refractivity contribution in [3.05, 3.63) is 48.1 Å². The van der Waals surface area contributed by atoms with Crippen LogP contribution in [-0.4, -0.2) is 50.0 Å². The second-order valence-corrected chi connectivity index (χ2v) is 6.21. The summed E-state index contributed by atoms with van der Waals surface area (Å²) in [7, 11) is 1.84. The van der Waals surface area contributed by atoms with E-state index in [9.17, 15) is 13.6 Å². The van der Waals surface area contributed by atoms with Gasteiger partial charge in [-0.1, -0.05) is 6.07 Å². The zero-order valence-electron chi connectivity index (χ0n) is 14.1. The minimum atomic E-state index is -0.910. The Hall–Kier alpha value is -3.10. The Labute approximate surface area is 147 Å². The molecule has 3 heterocycles. The van der Waals surface area contributed by atoms with Gasteiger partial charge in [0.15, 0.2) is 28.6 Å². The molecule has 0 bridgehead atoms. The van der Waals surface area contributed by atoms with Gasteiger partial charge in [-0.3, -0.25) is 4.79 Å². The van der Waals surface area contributed by atoms with Crippen molar-refractivity contribution >= 4 is 22.9 Å². The molecule has 0 spiro atoms. The fourth-order valence-electron chi connectivity index (χ4n) is 3.08. The zero-order valence-corrected chi connectivity index (χ0v) is 14.1. The number of amides is 1. The molecule has 1 amide bonds. The second kappa shape index (κ2) is 6.32. The molecule has 1 aromatic carbocycles. The lowest BCUT2D eigenvalue weighted by Crippen LogP contribution is -2.50. The number of benzene rings is 1. The molecule has 1 aliphatic heterocycles. The number of carbonyl (C=O) groups is 1. The Bertz CT molecular complexity index is 989. The highest BCUT2D eigenvalue weighted by Gasteiger charge is 2.27. The van der Waals surface area contributed by atoms with E-state index in [-0.39, 0.29) is 19.0 Å². The lowest BCUT2D eigenvalue weighted by Gasteiger charge is -2.35. The number of piperazine rings is 1.